The van der Waals surface area contributed by atoms with E-state index < -0.39 is 10.0 Å². The van der Waals surface area contributed by atoms with Crippen molar-refractivity contribution in [1.82, 2.24) is 24.4 Å². The van der Waals surface area contributed by atoms with Crippen molar-refractivity contribution in [2.75, 3.05) is 13.1 Å². The maximum atomic E-state index is 13.3. The molecule has 0 radical (unpaired) electrons. The fourth-order valence-corrected chi connectivity index (χ4v) is 6.38. The van der Waals surface area contributed by atoms with Crippen LogP contribution in [0, 0.1) is 26.7 Å². The molecule has 33 heavy (non-hydrogen) atoms. The first kappa shape index (κ1) is 23.1. The third-order valence-corrected chi connectivity index (χ3v) is 8.32. The minimum Gasteiger partial charge on any atom is -0.352 e. The summed E-state index contributed by atoms with van der Waals surface area (Å²) in [4.78, 5) is 17.0. The van der Waals surface area contributed by atoms with E-state index in [1.807, 2.05) is 57.2 Å². The Kier molecular flexibility index (Phi) is 6.62. The Morgan fingerprint density at radius 1 is 1.06 bits per heavy atom. The molecule has 1 aliphatic rings. The molecule has 2 aromatic carbocycles. The van der Waals surface area contributed by atoms with E-state index in [-0.39, 0.29) is 11.8 Å². The summed E-state index contributed by atoms with van der Waals surface area (Å²) in [6.07, 6.45) is 4.14. The summed E-state index contributed by atoms with van der Waals surface area (Å²) in [5.74, 6) is -0.221. The van der Waals surface area contributed by atoms with E-state index in [1.54, 1.807) is 11.0 Å². The van der Waals surface area contributed by atoms with Crippen molar-refractivity contribution < 1.29 is 13.2 Å². The Labute approximate surface area is 194 Å². The van der Waals surface area contributed by atoms with Gasteiger partial charge in [-0.1, -0.05) is 29.8 Å². The first-order valence-electron chi connectivity index (χ1n) is 11.1. The molecular formula is C24H29N5O3S. The number of sulfonamides is 1. The van der Waals surface area contributed by atoms with Crippen molar-refractivity contribution in [3.63, 3.8) is 0 Å². The highest BCUT2D eigenvalue weighted by Gasteiger charge is 2.33. The van der Waals surface area contributed by atoms with Crippen LogP contribution >= 0.6 is 0 Å². The molecule has 0 saturated carbocycles. The van der Waals surface area contributed by atoms with Crippen molar-refractivity contribution in [1.29, 1.82) is 0 Å². The normalized spacial score (nSPS) is 15.5. The molecule has 2 heterocycles. The predicted octanol–water partition coefficient (Wildman–Crippen LogP) is 2.91. The monoisotopic (exact) mass is 467 g/mol. The van der Waals surface area contributed by atoms with Gasteiger partial charge in [-0.25, -0.2) is 18.1 Å². The molecule has 4 rings (SSSR count). The number of carbonyl (C=O) groups is 1. The molecule has 1 aromatic heterocycles. The van der Waals surface area contributed by atoms with Gasteiger partial charge in [0.15, 0.2) is 0 Å². The zero-order valence-electron chi connectivity index (χ0n) is 19.2. The summed E-state index contributed by atoms with van der Waals surface area (Å²) in [7, 11) is -3.58. The quantitative estimate of drug-likeness (QED) is 0.601. The number of nitrogens with zero attached hydrogens (tertiary/aromatic N) is 4. The first-order chi connectivity index (χ1) is 15.8. The number of hydrogen-bond acceptors (Lipinski definition) is 5. The molecule has 3 aromatic rings. The molecule has 0 atom stereocenters. The van der Waals surface area contributed by atoms with Crippen LogP contribution in [0.1, 0.15) is 35.1 Å². The first-order valence-corrected chi connectivity index (χ1v) is 12.5. The Hall–Kier alpha value is -3.04. The molecule has 8 nitrogen and oxygen atoms in total. The lowest BCUT2D eigenvalue weighted by molar-refractivity contribution is -0.126. The summed E-state index contributed by atoms with van der Waals surface area (Å²) < 4.78 is 29.7. The molecule has 1 amide bonds. The Bertz CT molecular complexity index is 1210. The van der Waals surface area contributed by atoms with Gasteiger partial charge in [-0.05, 0) is 62.4 Å². The fraction of sp³-hybridized carbons (Fsp3) is 0.375. The summed E-state index contributed by atoms with van der Waals surface area (Å²) in [5, 5.41) is 7.09. The van der Waals surface area contributed by atoms with Crippen LogP contribution in [0.5, 0.6) is 0 Å². The molecular weight excluding hydrogens is 438 g/mol. The van der Waals surface area contributed by atoms with Crippen molar-refractivity contribution in [3.05, 3.63) is 71.3 Å². The summed E-state index contributed by atoms with van der Waals surface area (Å²) in [6.45, 7) is 6.76. The zero-order chi connectivity index (χ0) is 23.6. The van der Waals surface area contributed by atoms with Gasteiger partial charge in [0.05, 0.1) is 10.6 Å². The summed E-state index contributed by atoms with van der Waals surface area (Å²) >= 11 is 0. The van der Waals surface area contributed by atoms with Gasteiger partial charge in [-0.15, -0.1) is 0 Å². The molecule has 0 unspecified atom stereocenters. The van der Waals surface area contributed by atoms with Crippen molar-refractivity contribution in [2.24, 2.45) is 5.92 Å². The molecule has 1 N–H and O–H groups in total. The number of nitrogens with one attached hydrogen (secondary N) is 1. The maximum Gasteiger partial charge on any atom is 0.243 e. The van der Waals surface area contributed by atoms with Crippen LogP contribution in [0.15, 0.2) is 53.9 Å². The van der Waals surface area contributed by atoms with Gasteiger partial charge in [0.2, 0.25) is 15.9 Å². The van der Waals surface area contributed by atoms with Gasteiger partial charge in [0.1, 0.15) is 12.7 Å². The Balaban J connectivity index is 1.33. The van der Waals surface area contributed by atoms with Crippen molar-refractivity contribution in [3.8, 4) is 5.69 Å². The van der Waals surface area contributed by atoms with Gasteiger partial charge in [0, 0.05) is 25.6 Å². The average molecular weight is 468 g/mol. The summed E-state index contributed by atoms with van der Waals surface area (Å²) in [5.41, 5.74) is 4.46. The Morgan fingerprint density at radius 2 is 1.70 bits per heavy atom. The van der Waals surface area contributed by atoms with Crippen LogP contribution in [0.25, 0.3) is 5.69 Å². The smallest absolute Gasteiger partial charge is 0.243 e. The average Bonchev–Trinajstić information content (AvgIpc) is 3.32. The molecule has 0 bridgehead atoms. The Morgan fingerprint density at radius 3 is 2.27 bits per heavy atom. The minimum atomic E-state index is -3.58. The van der Waals surface area contributed by atoms with Gasteiger partial charge >= 0.3 is 0 Å². The largest absolute Gasteiger partial charge is 0.352 e. The molecule has 174 valence electrons. The summed E-state index contributed by atoms with van der Waals surface area (Å²) in [6, 6.07) is 11.5. The molecule has 1 fully saturated rings. The molecule has 0 aliphatic carbocycles. The third-order valence-electron chi connectivity index (χ3n) is 6.11. The number of hydrogen-bond donors (Lipinski definition) is 1. The van der Waals surface area contributed by atoms with Crippen LogP contribution in [0.4, 0.5) is 0 Å². The van der Waals surface area contributed by atoms with Gasteiger partial charge in [-0.3, -0.25) is 4.79 Å². The van der Waals surface area contributed by atoms with Crippen molar-refractivity contribution in [2.45, 2.75) is 45.1 Å². The number of amides is 1. The van der Waals surface area contributed by atoms with Crippen LogP contribution < -0.4 is 5.32 Å². The fourth-order valence-electron chi connectivity index (χ4n) is 4.50. The number of rotatable bonds is 6. The highest BCUT2D eigenvalue weighted by molar-refractivity contribution is 7.89. The number of benzene rings is 2. The van der Waals surface area contributed by atoms with Gasteiger partial charge in [-0.2, -0.15) is 9.40 Å². The van der Waals surface area contributed by atoms with E-state index in [4.69, 9.17) is 0 Å². The molecule has 1 saturated heterocycles. The number of aromatic nitrogens is 3. The zero-order valence-corrected chi connectivity index (χ0v) is 20.0. The SMILES string of the molecule is Cc1cc(C)c(S(=O)(=O)N2CCC(C(=O)NCc3ccc(-n4cncn4)cc3)CC2)c(C)c1. The van der Waals surface area contributed by atoms with Crippen LogP contribution in [0.3, 0.4) is 0 Å². The second-order valence-corrected chi connectivity index (χ2v) is 10.5. The van der Waals surface area contributed by atoms with E-state index in [2.05, 4.69) is 15.4 Å². The number of carbonyl (C=O) groups excluding carboxylic acids is 1. The van der Waals surface area contributed by atoms with E-state index >= 15 is 0 Å². The lowest BCUT2D eigenvalue weighted by Crippen LogP contribution is -2.43. The van der Waals surface area contributed by atoms with Crippen LogP contribution in [0.2, 0.25) is 0 Å². The number of piperidine rings is 1. The lowest BCUT2D eigenvalue weighted by Gasteiger charge is -2.31. The molecule has 0 spiro atoms. The highest BCUT2D eigenvalue weighted by Crippen LogP contribution is 2.29. The third kappa shape index (κ3) is 4.99. The van der Waals surface area contributed by atoms with Gasteiger partial charge < -0.3 is 5.32 Å². The van der Waals surface area contributed by atoms with Gasteiger partial charge in [0.25, 0.3) is 0 Å². The molecule has 9 heteroatoms. The standard InChI is InChI=1S/C24H29N5O3S/c1-17-12-18(2)23(19(3)13-17)33(31,32)28-10-8-21(9-11-28)24(30)26-14-20-4-6-22(7-5-20)29-16-25-15-27-29/h4-7,12-13,15-16,21H,8-11,14H2,1-3H3,(H,26,30). The predicted molar refractivity (Wildman–Crippen MR) is 125 cm³/mol. The van der Waals surface area contributed by atoms with E-state index in [9.17, 15) is 13.2 Å². The van der Waals surface area contributed by atoms with E-state index in [1.165, 1.54) is 10.6 Å². The molecule has 1 aliphatic heterocycles. The highest BCUT2D eigenvalue weighted by atomic mass is 32.2. The second-order valence-electron chi connectivity index (χ2n) is 8.63. The van der Waals surface area contributed by atoms with Crippen LogP contribution in [-0.4, -0.2) is 46.5 Å². The maximum absolute atomic E-state index is 13.3. The topological polar surface area (TPSA) is 97.2 Å². The van der Waals surface area contributed by atoms with E-state index in [0.717, 1.165) is 27.9 Å². The van der Waals surface area contributed by atoms with Crippen LogP contribution in [-0.2, 0) is 21.4 Å². The lowest BCUT2D eigenvalue weighted by atomic mass is 9.97. The minimum absolute atomic E-state index is 0.0323. The van der Waals surface area contributed by atoms with E-state index in [0.29, 0.717) is 37.4 Å². The second kappa shape index (κ2) is 9.44. The van der Waals surface area contributed by atoms with Crippen molar-refractivity contribution >= 4 is 15.9 Å². The number of aryl methyl sites for hydroxylation is 3.